The molecule has 0 saturated carbocycles. The van der Waals surface area contributed by atoms with E-state index in [1.54, 1.807) is 0 Å². The number of halogens is 2. The third-order valence-electron chi connectivity index (χ3n) is 2.15. The van der Waals surface area contributed by atoms with Gasteiger partial charge in [-0.3, -0.25) is 0 Å². The molecule has 1 aromatic heterocycles. The number of aromatic carboxylic acids is 1. The Bertz CT molecular complexity index is 607. The Hall–Kier alpha value is -2.21. The first kappa shape index (κ1) is 12.3. The fourth-order valence-electron chi connectivity index (χ4n) is 1.31. The number of hydrogen-bond donors (Lipinski definition) is 2. The second kappa shape index (κ2) is 4.97. The molecule has 7 heteroatoms. The molecule has 2 aromatic rings. The molecule has 18 heavy (non-hydrogen) atoms. The summed E-state index contributed by atoms with van der Waals surface area (Å²) < 4.78 is 13.6. The molecule has 0 aliphatic rings. The highest BCUT2D eigenvalue weighted by Crippen LogP contribution is 2.25. The van der Waals surface area contributed by atoms with Gasteiger partial charge in [0, 0.05) is 6.20 Å². The summed E-state index contributed by atoms with van der Waals surface area (Å²) in [6.07, 6.45) is 2.29. The maximum absolute atomic E-state index is 13.6. The lowest BCUT2D eigenvalue weighted by molar-refractivity contribution is 0.0697. The third kappa shape index (κ3) is 2.38. The van der Waals surface area contributed by atoms with Crippen LogP contribution < -0.4 is 5.32 Å². The summed E-state index contributed by atoms with van der Waals surface area (Å²) in [5.74, 6) is -1.88. The van der Waals surface area contributed by atoms with Crippen molar-refractivity contribution < 1.29 is 14.3 Å². The minimum absolute atomic E-state index is 0.00123. The van der Waals surface area contributed by atoms with Gasteiger partial charge >= 0.3 is 5.97 Å². The van der Waals surface area contributed by atoms with Gasteiger partial charge in [-0.15, -0.1) is 0 Å². The van der Waals surface area contributed by atoms with Crippen molar-refractivity contribution in [2.45, 2.75) is 0 Å². The van der Waals surface area contributed by atoms with Crippen LogP contribution in [-0.4, -0.2) is 21.0 Å². The standard InChI is InChI=1S/C11H7ClFN3O2/c12-7-2-1-3-8(9(7)13)16-10-6(11(17)18)4-14-5-15-10/h1-5H,(H,17,18)(H,14,15,16). The van der Waals surface area contributed by atoms with Gasteiger partial charge < -0.3 is 10.4 Å². The van der Waals surface area contributed by atoms with E-state index in [-0.39, 0.29) is 22.1 Å². The van der Waals surface area contributed by atoms with Crippen LogP contribution >= 0.6 is 11.6 Å². The molecule has 0 bridgehead atoms. The molecule has 0 spiro atoms. The van der Waals surface area contributed by atoms with Crippen LogP contribution in [0.25, 0.3) is 0 Å². The van der Waals surface area contributed by atoms with Crippen LogP contribution in [0.2, 0.25) is 5.02 Å². The van der Waals surface area contributed by atoms with Gasteiger partial charge in [-0.25, -0.2) is 19.2 Å². The predicted octanol–water partition coefficient (Wildman–Crippen LogP) is 2.71. The van der Waals surface area contributed by atoms with Crippen molar-refractivity contribution in [2.24, 2.45) is 0 Å². The maximum atomic E-state index is 13.6. The minimum atomic E-state index is -1.21. The number of benzene rings is 1. The maximum Gasteiger partial charge on any atom is 0.341 e. The summed E-state index contributed by atoms with van der Waals surface area (Å²) >= 11 is 5.62. The lowest BCUT2D eigenvalue weighted by atomic mass is 10.2. The van der Waals surface area contributed by atoms with Gasteiger partial charge in [-0.2, -0.15) is 0 Å². The minimum Gasteiger partial charge on any atom is -0.477 e. The zero-order chi connectivity index (χ0) is 13.1. The molecule has 1 heterocycles. The Morgan fingerprint density at radius 1 is 1.44 bits per heavy atom. The summed E-state index contributed by atoms with van der Waals surface area (Å²) in [6, 6.07) is 4.35. The second-order valence-electron chi connectivity index (χ2n) is 3.32. The average molecular weight is 268 g/mol. The van der Waals surface area contributed by atoms with Crippen molar-refractivity contribution in [3.8, 4) is 0 Å². The van der Waals surface area contributed by atoms with Crippen molar-refractivity contribution in [3.05, 3.63) is 47.1 Å². The Morgan fingerprint density at radius 2 is 2.22 bits per heavy atom. The molecular weight excluding hydrogens is 261 g/mol. The highest BCUT2D eigenvalue weighted by atomic mass is 35.5. The van der Waals surface area contributed by atoms with Crippen LogP contribution in [-0.2, 0) is 0 Å². The fraction of sp³-hybridized carbons (Fsp3) is 0. The van der Waals surface area contributed by atoms with Crippen LogP contribution in [0.3, 0.4) is 0 Å². The molecule has 0 aliphatic heterocycles. The predicted molar refractivity (Wildman–Crippen MR) is 63.7 cm³/mol. The van der Waals surface area contributed by atoms with E-state index >= 15 is 0 Å². The first-order valence-corrected chi connectivity index (χ1v) is 5.21. The summed E-state index contributed by atoms with van der Waals surface area (Å²) in [6.45, 7) is 0. The zero-order valence-corrected chi connectivity index (χ0v) is 9.65. The van der Waals surface area contributed by atoms with Gasteiger partial charge in [-0.1, -0.05) is 17.7 Å². The number of hydrogen-bond acceptors (Lipinski definition) is 4. The van der Waals surface area contributed by atoms with Crippen LogP contribution in [0.15, 0.2) is 30.7 Å². The number of nitrogens with zero attached hydrogens (tertiary/aromatic N) is 2. The molecule has 0 radical (unpaired) electrons. The van der Waals surface area contributed by atoms with E-state index < -0.39 is 11.8 Å². The molecule has 2 N–H and O–H groups in total. The Labute approximate surface area is 106 Å². The van der Waals surface area contributed by atoms with E-state index in [1.807, 2.05) is 0 Å². The molecule has 2 rings (SSSR count). The van der Waals surface area contributed by atoms with Gasteiger partial charge in [-0.05, 0) is 12.1 Å². The molecule has 1 aromatic carbocycles. The summed E-state index contributed by atoms with van der Waals surface area (Å²) in [4.78, 5) is 18.3. The van der Waals surface area contributed by atoms with Crippen molar-refractivity contribution >= 4 is 29.1 Å². The normalized spacial score (nSPS) is 10.1. The zero-order valence-electron chi connectivity index (χ0n) is 8.89. The Kier molecular flexibility index (Phi) is 3.38. The lowest BCUT2D eigenvalue weighted by Crippen LogP contribution is -2.06. The van der Waals surface area contributed by atoms with Crippen LogP contribution in [0.1, 0.15) is 10.4 Å². The van der Waals surface area contributed by atoms with Crippen LogP contribution in [0.4, 0.5) is 15.9 Å². The quantitative estimate of drug-likeness (QED) is 0.894. The molecule has 0 aliphatic carbocycles. The van der Waals surface area contributed by atoms with Crippen molar-refractivity contribution in [1.82, 2.24) is 9.97 Å². The SMILES string of the molecule is O=C(O)c1cncnc1Nc1cccc(Cl)c1F. The Balaban J connectivity index is 2.40. The van der Waals surface area contributed by atoms with Gasteiger partial charge in [0.2, 0.25) is 0 Å². The van der Waals surface area contributed by atoms with Crippen LogP contribution in [0, 0.1) is 5.82 Å². The molecule has 0 unspecified atom stereocenters. The average Bonchev–Trinajstić information content (AvgIpc) is 2.35. The van der Waals surface area contributed by atoms with E-state index in [9.17, 15) is 9.18 Å². The van der Waals surface area contributed by atoms with Gasteiger partial charge in [0.05, 0.1) is 10.7 Å². The summed E-state index contributed by atoms with van der Waals surface area (Å²) in [7, 11) is 0. The molecule has 0 amide bonds. The molecule has 0 saturated heterocycles. The fourth-order valence-corrected chi connectivity index (χ4v) is 1.49. The lowest BCUT2D eigenvalue weighted by Gasteiger charge is -2.09. The van der Waals surface area contributed by atoms with E-state index in [0.717, 1.165) is 12.5 Å². The number of rotatable bonds is 3. The Morgan fingerprint density at radius 3 is 2.94 bits per heavy atom. The second-order valence-corrected chi connectivity index (χ2v) is 3.72. The number of carboxylic acid groups (broad SMARTS) is 1. The summed E-state index contributed by atoms with van der Waals surface area (Å²) in [5.41, 5.74) is -0.111. The molecule has 5 nitrogen and oxygen atoms in total. The van der Waals surface area contributed by atoms with Gasteiger partial charge in [0.25, 0.3) is 0 Å². The van der Waals surface area contributed by atoms with Crippen LogP contribution in [0.5, 0.6) is 0 Å². The van der Waals surface area contributed by atoms with Crippen molar-refractivity contribution in [2.75, 3.05) is 5.32 Å². The largest absolute Gasteiger partial charge is 0.477 e. The number of anilines is 2. The van der Waals surface area contributed by atoms with E-state index in [0.29, 0.717) is 0 Å². The smallest absolute Gasteiger partial charge is 0.341 e. The molecular formula is C11H7ClFN3O2. The monoisotopic (exact) mass is 267 g/mol. The highest BCUT2D eigenvalue weighted by Gasteiger charge is 2.14. The first-order chi connectivity index (χ1) is 8.59. The first-order valence-electron chi connectivity index (χ1n) is 4.84. The summed E-state index contributed by atoms with van der Waals surface area (Å²) in [5, 5.41) is 11.4. The van der Waals surface area contributed by atoms with Gasteiger partial charge in [0.15, 0.2) is 5.82 Å². The van der Waals surface area contributed by atoms with Crippen molar-refractivity contribution in [1.29, 1.82) is 0 Å². The number of nitrogens with one attached hydrogen (secondary N) is 1. The number of carboxylic acids is 1. The van der Waals surface area contributed by atoms with E-state index in [1.165, 1.54) is 18.2 Å². The number of aromatic nitrogens is 2. The van der Waals surface area contributed by atoms with E-state index in [4.69, 9.17) is 16.7 Å². The van der Waals surface area contributed by atoms with Gasteiger partial charge in [0.1, 0.15) is 17.7 Å². The highest BCUT2D eigenvalue weighted by molar-refractivity contribution is 6.31. The molecule has 0 atom stereocenters. The molecule has 0 fully saturated rings. The van der Waals surface area contributed by atoms with Crippen molar-refractivity contribution in [3.63, 3.8) is 0 Å². The topological polar surface area (TPSA) is 75.1 Å². The number of carbonyl (C=O) groups is 1. The van der Waals surface area contributed by atoms with E-state index in [2.05, 4.69) is 15.3 Å². The molecule has 92 valence electrons. The third-order valence-corrected chi connectivity index (χ3v) is 2.44.